The number of rotatable bonds is 8. The first-order valence-electron chi connectivity index (χ1n) is 10.0. The number of hydrogen-bond donors (Lipinski definition) is 1. The van der Waals surface area contributed by atoms with Crippen LogP contribution in [0.1, 0.15) is 34.3 Å². The van der Waals surface area contributed by atoms with E-state index in [1.807, 2.05) is 41.3 Å². The number of hydrogen-bond acceptors (Lipinski definition) is 4. The molecule has 0 aromatic heterocycles. The van der Waals surface area contributed by atoms with Gasteiger partial charge in [0.2, 0.25) is 5.91 Å². The van der Waals surface area contributed by atoms with Crippen molar-refractivity contribution >= 4 is 23.5 Å². The number of amides is 1. The van der Waals surface area contributed by atoms with Crippen LogP contribution in [0.25, 0.3) is 0 Å². The molecule has 1 heterocycles. The van der Waals surface area contributed by atoms with Crippen molar-refractivity contribution in [2.75, 3.05) is 13.7 Å². The van der Waals surface area contributed by atoms with Crippen LogP contribution >= 0.6 is 11.6 Å². The highest BCUT2D eigenvalue weighted by Gasteiger charge is 2.28. The fraction of sp³-hybridized carbons (Fsp3) is 0.333. The van der Waals surface area contributed by atoms with Crippen molar-refractivity contribution in [3.8, 4) is 0 Å². The highest BCUT2D eigenvalue weighted by Crippen LogP contribution is 2.21. The summed E-state index contributed by atoms with van der Waals surface area (Å²) in [5.41, 5.74) is 2.52. The van der Waals surface area contributed by atoms with E-state index >= 15 is 0 Å². The fourth-order valence-electron chi connectivity index (χ4n) is 3.65. The second-order valence-electron chi connectivity index (χ2n) is 7.42. The monoisotopic (exact) mass is 427 g/mol. The third-order valence-corrected chi connectivity index (χ3v) is 5.52. The van der Waals surface area contributed by atoms with Crippen LogP contribution in [0.5, 0.6) is 0 Å². The molecule has 5 nitrogen and oxygen atoms in total. The van der Waals surface area contributed by atoms with Gasteiger partial charge in [0, 0.05) is 24.4 Å². The Morgan fingerprint density at radius 2 is 2.03 bits per heavy atom. The fourth-order valence-corrected chi connectivity index (χ4v) is 3.86. The van der Waals surface area contributed by atoms with Crippen LogP contribution in [-0.4, -0.2) is 47.7 Å². The molecule has 158 valence electrons. The molecule has 1 N–H and O–H groups in total. The maximum absolute atomic E-state index is 12.3. The molecule has 0 saturated carbocycles. The molecule has 2 atom stereocenters. The van der Waals surface area contributed by atoms with E-state index in [-0.39, 0.29) is 17.9 Å². The lowest BCUT2D eigenvalue weighted by Crippen LogP contribution is -2.33. The molecular formula is C24H26ClNO4. The van der Waals surface area contributed by atoms with Crippen molar-refractivity contribution in [2.24, 2.45) is 0 Å². The minimum atomic E-state index is -0.633. The summed E-state index contributed by atoms with van der Waals surface area (Å²) in [7, 11) is 1.36. The first kappa shape index (κ1) is 22.1. The van der Waals surface area contributed by atoms with Gasteiger partial charge in [-0.2, -0.15) is 0 Å². The summed E-state index contributed by atoms with van der Waals surface area (Å²) < 4.78 is 4.71. The highest BCUT2D eigenvalue weighted by molar-refractivity contribution is 6.30. The van der Waals surface area contributed by atoms with Crippen molar-refractivity contribution in [2.45, 2.75) is 37.8 Å². The zero-order valence-electron chi connectivity index (χ0n) is 17.0. The molecule has 1 saturated heterocycles. The Kier molecular flexibility index (Phi) is 7.66. The third kappa shape index (κ3) is 5.94. The average molecular weight is 428 g/mol. The molecule has 0 bridgehead atoms. The zero-order valence-corrected chi connectivity index (χ0v) is 17.7. The first-order valence-corrected chi connectivity index (χ1v) is 10.4. The first-order chi connectivity index (χ1) is 14.5. The number of benzene rings is 2. The van der Waals surface area contributed by atoms with E-state index in [2.05, 4.69) is 0 Å². The molecule has 2 aromatic carbocycles. The van der Waals surface area contributed by atoms with E-state index in [0.717, 1.165) is 17.5 Å². The van der Waals surface area contributed by atoms with Gasteiger partial charge in [-0.25, -0.2) is 4.79 Å². The van der Waals surface area contributed by atoms with Crippen LogP contribution in [0.15, 0.2) is 60.7 Å². The molecular weight excluding hydrogens is 402 g/mol. The van der Waals surface area contributed by atoms with Crippen LogP contribution in [-0.2, 0) is 22.4 Å². The van der Waals surface area contributed by atoms with E-state index in [4.69, 9.17) is 16.3 Å². The van der Waals surface area contributed by atoms with Crippen LogP contribution in [0.2, 0.25) is 5.02 Å². The van der Waals surface area contributed by atoms with Gasteiger partial charge in [0.05, 0.1) is 24.8 Å². The number of carbonyl (C=O) groups excluding carboxylic acids is 2. The van der Waals surface area contributed by atoms with E-state index in [0.29, 0.717) is 36.4 Å². The third-order valence-electron chi connectivity index (χ3n) is 5.28. The molecule has 1 aliphatic rings. The number of methoxy groups -OCH3 is 1. The quantitative estimate of drug-likeness (QED) is 0.513. The Morgan fingerprint density at radius 3 is 2.73 bits per heavy atom. The summed E-state index contributed by atoms with van der Waals surface area (Å²) in [6.45, 7) is 0.593. The van der Waals surface area contributed by atoms with Crippen molar-refractivity contribution in [3.63, 3.8) is 0 Å². The standard InChI is InChI=1S/C24H26ClNO4/c1-30-24(29)19-7-5-17(6-8-19)13-14-26-21(10-12-23(26)28)9-11-22(27)16-18-3-2-4-20(25)15-18/h2-9,11,15,21-22,27H,10,12-14,16H2,1H3/t21-,22+/m0/s1. The van der Waals surface area contributed by atoms with Gasteiger partial charge in [-0.15, -0.1) is 0 Å². The number of aliphatic hydroxyl groups is 1. The van der Waals surface area contributed by atoms with Crippen molar-refractivity contribution in [1.82, 2.24) is 4.90 Å². The van der Waals surface area contributed by atoms with Gasteiger partial charge in [0.15, 0.2) is 0 Å². The number of carbonyl (C=O) groups is 2. The van der Waals surface area contributed by atoms with Crippen LogP contribution < -0.4 is 0 Å². The molecule has 30 heavy (non-hydrogen) atoms. The number of ether oxygens (including phenoxy) is 1. The molecule has 2 aromatic rings. The smallest absolute Gasteiger partial charge is 0.337 e. The van der Waals surface area contributed by atoms with Crippen LogP contribution in [0.3, 0.4) is 0 Å². The predicted octanol–water partition coefficient (Wildman–Crippen LogP) is 3.82. The summed E-state index contributed by atoms with van der Waals surface area (Å²) in [4.78, 5) is 25.7. The van der Waals surface area contributed by atoms with Crippen molar-refractivity contribution < 1.29 is 19.4 Å². The topological polar surface area (TPSA) is 66.8 Å². The Labute approximate surface area is 181 Å². The molecule has 1 amide bonds. The molecule has 3 rings (SSSR count). The van der Waals surface area contributed by atoms with Gasteiger partial charge in [-0.1, -0.05) is 48.0 Å². The number of aliphatic hydroxyl groups excluding tert-OH is 1. The van der Waals surface area contributed by atoms with E-state index < -0.39 is 6.10 Å². The maximum atomic E-state index is 12.3. The number of likely N-dealkylation sites (tertiary alicyclic amines) is 1. The lowest BCUT2D eigenvalue weighted by Gasteiger charge is -2.23. The maximum Gasteiger partial charge on any atom is 0.337 e. The van der Waals surface area contributed by atoms with Crippen LogP contribution in [0.4, 0.5) is 0 Å². The summed E-state index contributed by atoms with van der Waals surface area (Å²) >= 11 is 5.99. The molecule has 0 aliphatic carbocycles. The van der Waals surface area contributed by atoms with Gasteiger partial charge in [0.25, 0.3) is 0 Å². The molecule has 0 unspecified atom stereocenters. The van der Waals surface area contributed by atoms with E-state index in [1.165, 1.54) is 7.11 Å². The lowest BCUT2D eigenvalue weighted by atomic mass is 10.1. The van der Waals surface area contributed by atoms with Gasteiger partial charge in [0.1, 0.15) is 0 Å². The summed E-state index contributed by atoms with van der Waals surface area (Å²) in [5.74, 6) is -0.238. The van der Waals surface area contributed by atoms with Crippen molar-refractivity contribution in [3.05, 3.63) is 82.4 Å². The van der Waals surface area contributed by atoms with E-state index in [9.17, 15) is 14.7 Å². The number of esters is 1. The second kappa shape index (κ2) is 10.4. The summed E-state index contributed by atoms with van der Waals surface area (Å²) in [6.07, 6.45) is 5.50. The Bertz CT molecular complexity index is 910. The molecule has 1 aliphatic heterocycles. The summed E-state index contributed by atoms with van der Waals surface area (Å²) in [6, 6.07) is 14.7. The van der Waals surface area contributed by atoms with Crippen molar-refractivity contribution in [1.29, 1.82) is 0 Å². The normalized spacial score (nSPS) is 17.5. The largest absolute Gasteiger partial charge is 0.465 e. The van der Waals surface area contributed by atoms with Gasteiger partial charge in [-0.3, -0.25) is 4.79 Å². The Balaban J connectivity index is 1.55. The zero-order chi connectivity index (χ0) is 21.5. The molecule has 1 fully saturated rings. The van der Waals surface area contributed by atoms with Gasteiger partial charge < -0.3 is 14.7 Å². The van der Waals surface area contributed by atoms with Crippen LogP contribution in [0, 0.1) is 0 Å². The number of nitrogens with zero attached hydrogens (tertiary/aromatic N) is 1. The van der Waals surface area contributed by atoms with E-state index in [1.54, 1.807) is 24.3 Å². The predicted molar refractivity (Wildman–Crippen MR) is 117 cm³/mol. The SMILES string of the molecule is COC(=O)c1ccc(CCN2C(=O)CC[C@@H]2C=C[C@@H](O)Cc2cccc(Cl)c2)cc1. The highest BCUT2D eigenvalue weighted by atomic mass is 35.5. The lowest BCUT2D eigenvalue weighted by molar-refractivity contribution is -0.128. The minimum absolute atomic E-state index is 0.0131. The second-order valence-corrected chi connectivity index (χ2v) is 7.85. The number of halogens is 1. The molecule has 0 radical (unpaired) electrons. The summed E-state index contributed by atoms with van der Waals surface area (Å²) in [5, 5.41) is 11.0. The molecule has 0 spiro atoms. The van der Waals surface area contributed by atoms with Gasteiger partial charge >= 0.3 is 5.97 Å². The molecule has 6 heteroatoms. The minimum Gasteiger partial charge on any atom is -0.465 e. The Morgan fingerprint density at radius 1 is 1.27 bits per heavy atom. The van der Waals surface area contributed by atoms with Gasteiger partial charge in [-0.05, 0) is 48.2 Å². The Hall–Kier alpha value is -2.63. The average Bonchev–Trinajstić information content (AvgIpc) is 3.10.